The fraction of sp³-hybridized carbons (Fsp3) is 0.158. The zero-order valence-corrected chi connectivity index (χ0v) is 15.2. The van der Waals surface area contributed by atoms with Crippen molar-refractivity contribution in [1.82, 2.24) is 29.9 Å². The van der Waals surface area contributed by atoms with Crippen LogP contribution in [0.2, 0.25) is 0 Å². The molecule has 146 valence electrons. The number of amides is 1. The van der Waals surface area contributed by atoms with Gasteiger partial charge in [-0.05, 0) is 42.8 Å². The van der Waals surface area contributed by atoms with Crippen LogP contribution in [0, 0.1) is 5.82 Å². The Labute approximate surface area is 164 Å². The van der Waals surface area contributed by atoms with Crippen molar-refractivity contribution in [3.63, 3.8) is 0 Å². The zero-order valence-electron chi connectivity index (χ0n) is 15.2. The molecule has 0 aliphatic heterocycles. The van der Waals surface area contributed by atoms with E-state index in [9.17, 15) is 9.18 Å². The maximum absolute atomic E-state index is 13.0. The number of carbonyl (C=O) groups excluding carboxylic acids is 1. The average molecular weight is 393 g/mol. The Morgan fingerprint density at radius 3 is 2.86 bits per heavy atom. The van der Waals surface area contributed by atoms with Gasteiger partial charge in [-0.25, -0.2) is 19.0 Å². The summed E-state index contributed by atoms with van der Waals surface area (Å²) in [5.41, 5.74) is 1.20. The van der Waals surface area contributed by atoms with E-state index in [1.807, 2.05) is 0 Å². The van der Waals surface area contributed by atoms with Crippen molar-refractivity contribution < 1.29 is 13.7 Å². The molecule has 0 bridgehead atoms. The summed E-state index contributed by atoms with van der Waals surface area (Å²) in [7, 11) is 0. The van der Waals surface area contributed by atoms with Crippen LogP contribution in [0.5, 0.6) is 0 Å². The first kappa shape index (κ1) is 18.4. The Bertz CT molecular complexity index is 1090. The minimum atomic E-state index is -0.330. The van der Waals surface area contributed by atoms with E-state index in [1.54, 1.807) is 30.5 Å². The van der Waals surface area contributed by atoms with Crippen LogP contribution >= 0.6 is 0 Å². The number of hydrogen-bond acceptors (Lipinski definition) is 7. The number of hydrogen-bond donors (Lipinski definition) is 1. The number of anilines is 1. The molecule has 1 N–H and O–H groups in total. The van der Waals surface area contributed by atoms with Crippen LogP contribution in [0.15, 0.2) is 59.8 Å². The molecule has 3 heterocycles. The maximum Gasteiger partial charge on any atom is 0.226 e. The molecule has 29 heavy (non-hydrogen) atoms. The number of carbonyl (C=O) groups is 1. The van der Waals surface area contributed by atoms with Gasteiger partial charge in [0.05, 0.1) is 5.69 Å². The Kier molecular flexibility index (Phi) is 5.32. The fourth-order valence-corrected chi connectivity index (χ4v) is 2.68. The fourth-order valence-electron chi connectivity index (χ4n) is 2.68. The molecule has 1 amide bonds. The van der Waals surface area contributed by atoms with Crippen molar-refractivity contribution in [2.75, 3.05) is 5.32 Å². The number of halogens is 1. The topological polar surface area (TPSA) is 112 Å². The number of pyridine rings is 1. The first-order chi connectivity index (χ1) is 14.2. The predicted molar refractivity (Wildman–Crippen MR) is 100 cm³/mol. The van der Waals surface area contributed by atoms with E-state index >= 15 is 0 Å². The predicted octanol–water partition coefficient (Wildman–Crippen LogP) is 2.81. The van der Waals surface area contributed by atoms with E-state index in [0.29, 0.717) is 41.6 Å². The highest BCUT2D eigenvalue weighted by molar-refractivity contribution is 5.92. The van der Waals surface area contributed by atoms with Gasteiger partial charge in [0.2, 0.25) is 17.6 Å². The van der Waals surface area contributed by atoms with Crippen molar-refractivity contribution in [2.45, 2.75) is 19.3 Å². The molecule has 0 spiro atoms. The molecule has 4 rings (SSSR count). The smallest absolute Gasteiger partial charge is 0.226 e. The first-order valence-corrected chi connectivity index (χ1v) is 8.87. The van der Waals surface area contributed by atoms with Crippen LogP contribution < -0.4 is 5.32 Å². The summed E-state index contributed by atoms with van der Waals surface area (Å²) >= 11 is 0. The lowest BCUT2D eigenvalue weighted by Gasteiger charge is -2.09. The van der Waals surface area contributed by atoms with Gasteiger partial charge < -0.3 is 9.84 Å². The summed E-state index contributed by atoms with van der Waals surface area (Å²) in [5, 5.41) is 10.7. The molecule has 3 aromatic heterocycles. The van der Waals surface area contributed by atoms with E-state index in [2.05, 4.69) is 30.5 Å². The molecule has 1 aromatic carbocycles. The second-order valence-electron chi connectivity index (χ2n) is 6.13. The summed E-state index contributed by atoms with van der Waals surface area (Å²) < 4.78 is 19.7. The van der Waals surface area contributed by atoms with E-state index in [1.165, 1.54) is 29.5 Å². The van der Waals surface area contributed by atoms with Crippen molar-refractivity contribution in [2.24, 2.45) is 0 Å². The second-order valence-corrected chi connectivity index (χ2v) is 6.13. The lowest BCUT2D eigenvalue weighted by atomic mass is 10.2. The van der Waals surface area contributed by atoms with Gasteiger partial charge in [-0.15, -0.1) is 0 Å². The normalized spacial score (nSPS) is 10.8. The lowest BCUT2D eigenvalue weighted by molar-refractivity contribution is -0.116. The van der Waals surface area contributed by atoms with E-state index in [-0.39, 0.29) is 18.1 Å². The Balaban J connectivity index is 1.32. The van der Waals surface area contributed by atoms with Crippen LogP contribution in [-0.2, 0) is 11.2 Å². The monoisotopic (exact) mass is 393 g/mol. The molecule has 0 saturated heterocycles. The van der Waals surface area contributed by atoms with Gasteiger partial charge in [-0.1, -0.05) is 5.16 Å². The highest BCUT2D eigenvalue weighted by atomic mass is 19.1. The van der Waals surface area contributed by atoms with Crippen molar-refractivity contribution >= 4 is 11.6 Å². The molecule has 0 radical (unpaired) electrons. The molecule has 0 aliphatic carbocycles. The maximum atomic E-state index is 13.0. The third-order valence-electron chi connectivity index (χ3n) is 4.06. The van der Waals surface area contributed by atoms with E-state index in [0.717, 1.165) is 0 Å². The van der Waals surface area contributed by atoms with E-state index < -0.39 is 0 Å². The number of rotatable bonds is 7. The van der Waals surface area contributed by atoms with Crippen LogP contribution in [0.3, 0.4) is 0 Å². The summed E-state index contributed by atoms with van der Waals surface area (Å²) in [4.78, 5) is 24.7. The van der Waals surface area contributed by atoms with Gasteiger partial charge in [0.15, 0.2) is 5.82 Å². The number of aryl methyl sites for hydroxylation is 1. The number of benzene rings is 1. The molecule has 9 nitrogen and oxygen atoms in total. The van der Waals surface area contributed by atoms with Crippen molar-refractivity contribution in [3.05, 3.63) is 67.0 Å². The quantitative estimate of drug-likeness (QED) is 0.514. The third-order valence-corrected chi connectivity index (χ3v) is 4.06. The SMILES string of the molecule is O=C(CCCc1nc(-c2ccc(F)cc2)no1)Nc1cccnc1-n1cncn1. The molecule has 0 unspecified atom stereocenters. The standard InChI is InChI=1S/C19H16FN7O2/c20-14-8-6-13(7-9-14)18-25-17(29-26-18)5-1-4-16(28)24-15-3-2-10-22-19(15)27-12-21-11-23-27/h2-3,6-12H,1,4-5H2,(H,24,28). The molecule has 0 saturated carbocycles. The van der Waals surface area contributed by atoms with Gasteiger partial charge in [-0.2, -0.15) is 10.1 Å². The van der Waals surface area contributed by atoms with Crippen molar-refractivity contribution in [3.8, 4) is 17.2 Å². The van der Waals surface area contributed by atoms with Crippen LogP contribution in [-0.4, -0.2) is 35.8 Å². The molecule has 0 aliphatic rings. The van der Waals surface area contributed by atoms with Gasteiger partial charge in [0.1, 0.15) is 18.5 Å². The van der Waals surface area contributed by atoms with Crippen LogP contribution in [0.4, 0.5) is 10.1 Å². The Morgan fingerprint density at radius 2 is 2.07 bits per heavy atom. The van der Waals surface area contributed by atoms with Crippen LogP contribution in [0.25, 0.3) is 17.2 Å². The first-order valence-electron chi connectivity index (χ1n) is 8.87. The molecular formula is C19H16FN7O2. The summed E-state index contributed by atoms with van der Waals surface area (Å²) in [6, 6.07) is 9.31. The zero-order chi connectivity index (χ0) is 20.1. The molecule has 0 atom stereocenters. The minimum Gasteiger partial charge on any atom is -0.339 e. The molecule has 0 fully saturated rings. The number of nitrogens with zero attached hydrogens (tertiary/aromatic N) is 6. The van der Waals surface area contributed by atoms with Gasteiger partial charge in [-0.3, -0.25) is 4.79 Å². The average Bonchev–Trinajstić information content (AvgIpc) is 3.41. The summed E-state index contributed by atoms with van der Waals surface area (Å²) in [6.07, 6.45) is 5.75. The summed E-state index contributed by atoms with van der Waals surface area (Å²) in [6.45, 7) is 0. The molecule has 10 heteroatoms. The molecule has 4 aromatic rings. The second kappa shape index (κ2) is 8.38. The van der Waals surface area contributed by atoms with Gasteiger partial charge >= 0.3 is 0 Å². The lowest BCUT2D eigenvalue weighted by Crippen LogP contribution is -2.14. The van der Waals surface area contributed by atoms with Crippen molar-refractivity contribution in [1.29, 1.82) is 0 Å². The number of aromatic nitrogens is 6. The highest BCUT2D eigenvalue weighted by Gasteiger charge is 2.12. The molecular weight excluding hydrogens is 377 g/mol. The Morgan fingerprint density at radius 1 is 1.21 bits per heavy atom. The van der Waals surface area contributed by atoms with Gasteiger partial charge in [0, 0.05) is 24.6 Å². The Hall–Kier alpha value is -3.95. The van der Waals surface area contributed by atoms with Crippen LogP contribution in [0.1, 0.15) is 18.7 Å². The van der Waals surface area contributed by atoms with E-state index in [4.69, 9.17) is 4.52 Å². The third kappa shape index (κ3) is 4.49. The summed E-state index contributed by atoms with van der Waals surface area (Å²) in [5.74, 6) is 0.792. The van der Waals surface area contributed by atoms with Gasteiger partial charge in [0.25, 0.3) is 0 Å². The minimum absolute atomic E-state index is 0.169. The highest BCUT2D eigenvalue weighted by Crippen LogP contribution is 2.18. The largest absolute Gasteiger partial charge is 0.339 e. The number of nitrogens with one attached hydrogen (secondary N) is 1.